The van der Waals surface area contributed by atoms with Crippen molar-refractivity contribution in [2.75, 3.05) is 0 Å². The molecule has 92 valence electrons. The van der Waals surface area contributed by atoms with Crippen molar-refractivity contribution in [1.29, 1.82) is 0 Å². The molecule has 0 spiro atoms. The standard InChI is InChI=1S/C14H21N3/c1-2-12(11-4-5-11)8-13(3-1)16-9-14-6-7-15-10-17-14/h6-7,10-13,16H,1-5,8-9H2. The average molecular weight is 231 g/mol. The molecular formula is C14H21N3. The fourth-order valence-corrected chi connectivity index (χ4v) is 3.08. The first-order valence-corrected chi connectivity index (χ1v) is 6.90. The van der Waals surface area contributed by atoms with Crippen molar-refractivity contribution in [2.45, 2.75) is 51.1 Å². The molecule has 1 aromatic rings. The van der Waals surface area contributed by atoms with Crippen LogP contribution in [0.2, 0.25) is 0 Å². The van der Waals surface area contributed by atoms with E-state index in [2.05, 4.69) is 15.3 Å². The Labute approximate surface area is 103 Å². The van der Waals surface area contributed by atoms with E-state index in [1.165, 1.54) is 38.5 Å². The second-order valence-corrected chi connectivity index (χ2v) is 5.54. The Bertz CT molecular complexity index is 348. The van der Waals surface area contributed by atoms with E-state index in [9.17, 15) is 0 Å². The van der Waals surface area contributed by atoms with Gasteiger partial charge in [-0.05, 0) is 43.6 Å². The quantitative estimate of drug-likeness (QED) is 0.865. The zero-order chi connectivity index (χ0) is 11.5. The Morgan fingerprint density at radius 1 is 1.18 bits per heavy atom. The highest BCUT2D eigenvalue weighted by atomic mass is 14.9. The minimum Gasteiger partial charge on any atom is -0.308 e. The smallest absolute Gasteiger partial charge is 0.115 e. The van der Waals surface area contributed by atoms with Crippen molar-refractivity contribution < 1.29 is 0 Å². The number of nitrogens with zero attached hydrogens (tertiary/aromatic N) is 2. The van der Waals surface area contributed by atoms with Crippen LogP contribution in [0, 0.1) is 11.8 Å². The van der Waals surface area contributed by atoms with Crippen LogP contribution in [0.4, 0.5) is 0 Å². The number of aromatic nitrogens is 2. The Morgan fingerprint density at radius 3 is 2.88 bits per heavy atom. The van der Waals surface area contributed by atoms with Gasteiger partial charge < -0.3 is 5.32 Å². The highest BCUT2D eigenvalue weighted by Crippen LogP contribution is 2.43. The molecule has 0 bridgehead atoms. The van der Waals surface area contributed by atoms with Gasteiger partial charge in [-0.15, -0.1) is 0 Å². The van der Waals surface area contributed by atoms with Gasteiger partial charge in [-0.25, -0.2) is 9.97 Å². The summed E-state index contributed by atoms with van der Waals surface area (Å²) in [6.07, 6.45) is 12.0. The Kier molecular flexibility index (Phi) is 3.36. The summed E-state index contributed by atoms with van der Waals surface area (Å²) in [5.41, 5.74) is 1.11. The molecule has 2 unspecified atom stereocenters. The van der Waals surface area contributed by atoms with Gasteiger partial charge in [0.15, 0.2) is 0 Å². The van der Waals surface area contributed by atoms with Gasteiger partial charge in [0.2, 0.25) is 0 Å². The van der Waals surface area contributed by atoms with Crippen LogP contribution in [0.3, 0.4) is 0 Å². The zero-order valence-electron chi connectivity index (χ0n) is 10.3. The van der Waals surface area contributed by atoms with E-state index in [4.69, 9.17) is 0 Å². The molecule has 1 aromatic heterocycles. The minimum atomic E-state index is 0.712. The Hall–Kier alpha value is -0.960. The largest absolute Gasteiger partial charge is 0.308 e. The van der Waals surface area contributed by atoms with Crippen molar-refractivity contribution in [3.8, 4) is 0 Å². The molecule has 1 N–H and O–H groups in total. The third kappa shape index (κ3) is 3.03. The van der Waals surface area contributed by atoms with E-state index in [1.54, 1.807) is 6.33 Å². The fraction of sp³-hybridized carbons (Fsp3) is 0.714. The summed E-state index contributed by atoms with van der Waals surface area (Å²) >= 11 is 0. The molecular weight excluding hydrogens is 210 g/mol. The lowest BCUT2D eigenvalue weighted by Gasteiger charge is -2.29. The summed E-state index contributed by atoms with van der Waals surface area (Å²) in [5, 5.41) is 3.66. The number of nitrogens with one attached hydrogen (secondary N) is 1. The number of hydrogen-bond donors (Lipinski definition) is 1. The van der Waals surface area contributed by atoms with Crippen LogP contribution in [-0.4, -0.2) is 16.0 Å². The van der Waals surface area contributed by atoms with Crippen LogP contribution in [0.25, 0.3) is 0 Å². The van der Waals surface area contributed by atoms with Gasteiger partial charge in [0, 0.05) is 18.8 Å². The molecule has 0 amide bonds. The summed E-state index contributed by atoms with van der Waals surface area (Å²) in [5.74, 6) is 2.07. The monoisotopic (exact) mass is 231 g/mol. The van der Waals surface area contributed by atoms with E-state index in [1.807, 2.05) is 12.3 Å². The molecule has 2 atom stereocenters. The van der Waals surface area contributed by atoms with Gasteiger partial charge in [0.1, 0.15) is 6.33 Å². The molecule has 2 aliphatic carbocycles. The Morgan fingerprint density at radius 2 is 2.12 bits per heavy atom. The average Bonchev–Trinajstić information content (AvgIpc) is 3.22. The molecule has 0 radical (unpaired) electrons. The fourth-order valence-electron chi connectivity index (χ4n) is 3.08. The third-order valence-corrected chi connectivity index (χ3v) is 4.22. The second kappa shape index (κ2) is 5.13. The first-order valence-electron chi connectivity index (χ1n) is 6.90. The predicted octanol–water partition coefficient (Wildman–Crippen LogP) is 2.54. The first-order chi connectivity index (χ1) is 8.42. The predicted molar refractivity (Wildman–Crippen MR) is 67.3 cm³/mol. The molecule has 2 saturated carbocycles. The van der Waals surface area contributed by atoms with Crippen LogP contribution in [0.5, 0.6) is 0 Å². The minimum absolute atomic E-state index is 0.712. The maximum atomic E-state index is 4.26. The van der Waals surface area contributed by atoms with E-state index >= 15 is 0 Å². The SMILES string of the molecule is c1cc(CNC2CCCC(C3CC3)C2)ncn1. The van der Waals surface area contributed by atoms with Crippen molar-refractivity contribution >= 4 is 0 Å². The molecule has 1 heterocycles. The molecule has 0 aromatic carbocycles. The molecule has 0 saturated heterocycles. The van der Waals surface area contributed by atoms with Crippen molar-refractivity contribution in [1.82, 2.24) is 15.3 Å². The van der Waals surface area contributed by atoms with E-state index < -0.39 is 0 Å². The molecule has 0 aliphatic heterocycles. The lowest BCUT2D eigenvalue weighted by atomic mass is 9.83. The Balaban J connectivity index is 1.48. The summed E-state index contributed by atoms with van der Waals surface area (Å²) < 4.78 is 0. The molecule has 3 nitrogen and oxygen atoms in total. The van der Waals surface area contributed by atoms with Crippen molar-refractivity contribution in [3.05, 3.63) is 24.3 Å². The van der Waals surface area contributed by atoms with Gasteiger partial charge >= 0.3 is 0 Å². The molecule has 3 rings (SSSR count). The highest BCUT2D eigenvalue weighted by Gasteiger charge is 2.34. The van der Waals surface area contributed by atoms with Crippen LogP contribution in [0.1, 0.15) is 44.2 Å². The topological polar surface area (TPSA) is 37.8 Å². The summed E-state index contributed by atoms with van der Waals surface area (Å²) in [4.78, 5) is 8.20. The molecule has 2 fully saturated rings. The second-order valence-electron chi connectivity index (χ2n) is 5.54. The third-order valence-electron chi connectivity index (χ3n) is 4.22. The van der Waals surface area contributed by atoms with Gasteiger partial charge in [0.05, 0.1) is 5.69 Å². The van der Waals surface area contributed by atoms with Crippen LogP contribution in [-0.2, 0) is 6.54 Å². The number of rotatable bonds is 4. The van der Waals surface area contributed by atoms with Gasteiger partial charge in [-0.3, -0.25) is 0 Å². The lowest BCUT2D eigenvalue weighted by Crippen LogP contribution is -2.34. The van der Waals surface area contributed by atoms with Crippen molar-refractivity contribution in [2.24, 2.45) is 11.8 Å². The maximum absolute atomic E-state index is 4.26. The van der Waals surface area contributed by atoms with Crippen LogP contribution in [0.15, 0.2) is 18.6 Å². The highest BCUT2D eigenvalue weighted by molar-refractivity contribution is 4.98. The molecule has 2 aliphatic rings. The summed E-state index contributed by atoms with van der Waals surface area (Å²) in [6.45, 7) is 0.893. The van der Waals surface area contributed by atoms with Gasteiger partial charge in [-0.2, -0.15) is 0 Å². The van der Waals surface area contributed by atoms with Crippen LogP contribution < -0.4 is 5.32 Å². The summed E-state index contributed by atoms with van der Waals surface area (Å²) in [7, 11) is 0. The van der Waals surface area contributed by atoms with Crippen molar-refractivity contribution in [3.63, 3.8) is 0 Å². The lowest BCUT2D eigenvalue weighted by molar-refractivity contribution is 0.259. The van der Waals surface area contributed by atoms with Crippen LogP contribution >= 0.6 is 0 Å². The normalized spacial score (nSPS) is 29.2. The first kappa shape index (κ1) is 11.1. The number of hydrogen-bond acceptors (Lipinski definition) is 3. The maximum Gasteiger partial charge on any atom is 0.115 e. The van der Waals surface area contributed by atoms with E-state index in [0.717, 1.165) is 24.1 Å². The van der Waals surface area contributed by atoms with Gasteiger partial charge in [-0.1, -0.05) is 12.8 Å². The molecule has 17 heavy (non-hydrogen) atoms. The van der Waals surface area contributed by atoms with E-state index in [-0.39, 0.29) is 0 Å². The zero-order valence-corrected chi connectivity index (χ0v) is 10.3. The van der Waals surface area contributed by atoms with E-state index in [0.29, 0.717) is 6.04 Å². The molecule has 3 heteroatoms. The van der Waals surface area contributed by atoms with Gasteiger partial charge in [0.25, 0.3) is 0 Å². The summed E-state index contributed by atoms with van der Waals surface area (Å²) in [6, 6.07) is 2.71.